The molecule has 2 aromatic rings. The zero-order valence-corrected chi connectivity index (χ0v) is 21.7. The van der Waals surface area contributed by atoms with Gasteiger partial charge in [-0.1, -0.05) is 43.2 Å². The molecular formula is C22H33Br3N2O2. The lowest BCUT2D eigenvalue weighted by Gasteiger charge is -2.08. The molecule has 0 aliphatic heterocycles. The molecule has 0 saturated carbocycles. The summed E-state index contributed by atoms with van der Waals surface area (Å²) in [6.45, 7) is 4.04. The Morgan fingerprint density at radius 1 is 0.690 bits per heavy atom. The van der Waals surface area contributed by atoms with Crippen molar-refractivity contribution in [2.45, 2.75) is 38.5 Å². The molecule has 0 heterocycles. The minimum atomic E-state index is -0.0961. The number of rotatable bonds is 13. The Morgan fingerprint density at radius 3 is 1.79 bits per heavy atom. The van der Waals surface area contributed by atoms with Crippen molar-refractivity contribution in [2.24, 2.45) is 0 Å². The third-order valence-electron chi connectivity index (χ3n) is 4.58. The number of halogens is 3. The van der Waals surface area contributed by atoms with E-state index in [-0.39, 0.29) is 45.5 Å². The second kappa shape index (κ2) is 17.1. The van der Waals surface area contributed by atoms with E-state index in [2.05, 4.69) is 56.9 Å². The third kappa shape index (κ3) is 12.0. The molecule has 0 aliphatic carbocycles. The third-order valence-corrected chi connectivity index (χ3v) is 5.19. The van der Waals surface area contributed by atoms with Crippen LogP contribution in [-0.2, 0) is 12.8 Å². The van der Waals surface area contributed by atoms with Crippen molar-refractivity contribution in [3.8, 4) is 11.5 Å². The van der Waals surface area contributed by atoms with E-state index in [1.807, 2.05) is 6.07 Å². The van der Waals surface area contributed by atoms with E-state index in [9.17, 15) is 10.2 Å². The Balaban J connectivity index is 0.00000392. The predicted octanol–water partition coefficient (Wildman–Crippen LogP) is 5.54. The number of aromatic hydroxyl groups is 2. The first-order valence-corrected chi connectivity index (χ1v) is 10.6. The average molecular weight is 597 g/mol. The molecule has 0 unspecified atom stereocenters. The van der Waals surface area contributed by atoms with Crippen LogP contribution in [0.25, 0.3) is 0 Å². The van der Waals surface area contributed by atoms with Crippen LogP contribution in [0.3, 0.4) is 0 Å². The topological polar surface area (TPSA) is 64.5 Å². The van der Waals surface area contributed by atoms with Gasteiger partial charge in [-0.05, 0) is 91.1 Å². The molecule has 4 nitrogen and oxygen atoms in total. The van der Waals surface area contributed by atoms with Crippen LogP contribution in [0.1, 0.15) is 36.8 Å². The van der Waals surface area contributed by atoms with Gasteiger partial charge in [0.1, 0.15) is 0 Å². The molecule has 0 aliphatic rings. The van der Waals surface area contributed by atoms with Crippen LogP contribution in [-0.4, -0.2) is 36.4 Å². The lowest BCUT2D eigenvalue weighted by molar-refractivity contribution is 0.400. The number of hydrogen-bond donors (Lipinski definition) is 4. The van der Waals surface area contributed by atoms with Crippen molar-refractivity contribution in [1.29, 1.82) is 0 Å². The number of unbranched alkanes of at least 4 members (excludes halogenated alkanes) is 3. The highest BCUT2D eigenvalue weighted by Gasteiger charge is 2.06. The van der Waals surface area contributed by atoms with E-state index in [4.69, 9.17) is 0 Å². The van der Waals surface area contributed by atoms with Crippen molar-refractivity contribution in [1.82, 2.24) is 10.6 Å². The Kier molecular flexibility index (Phi) is 16.8. The van der Waals surface area contributed by atoms with E-state index in [1.165, 1.54) is 31.2 Å². The van der Waals surface area contributed by atoms with Gasteiger partial charge >= 0.3 is 0 Å². The van der Waals surface area contributed by atoms with Gasteiger partial charge < -0.3 is 20.8 Å². The molecule has 0 aromatic heterocycles. The summed E-state index contributed by atoms with van der Waals surface area (Å²) >= 11 is 3.25. The fourth-order valence-corrected chi connectivity index (χ4v) is 3.49. The number of hydrogen-bond acceptors (Lipinski definition) is 4. The summed E-state index contributed by atoms with van der Waals surface area (Å²) in [4.78, 5) is 0. The van der Waals surface area contributed by atoms with Gasteiger partial charge in [0.25, 0.3) is 0 Å². The van der Waals surface area contributed by atoms with Crippen molar-refractivity contribution < 1.29 is 10.2 Å². The Hall–Kier alpha value is -0.600. The molecule has 0 bridgehead atoms. The summed E-state index contributed by atoms with van der Waals surface area (Å²) in [5.74, 6) is -0.169. The van der Waals surface area contributed by atoms with Gasteiger partial charge in [0.15, 0.2) is 11.5 Å². The molecule has 0 radical (unpaired) electrons. The van der Waals surface area contributed by atoms with Crippen LogP contribution in [0.15, 0.2) is 46.9 Å². The second-order valence-electron chi connectivity index (χ2n) is 6.85. The molecule has 0 spiro atoms. The normalized spacial score (nSPS) is 10.2. The summed E-state index contributed by atoms with van der Waals surface area (Å²) in [5.41, 5.74) is 2.40. The van der Waals surface area contributed by atoms with Gasteiger partial charge in [0, 0.05) is 0 Å². The van der Waals surface area contributed by atoms with Crippen LogP contribution in [0.4, 0.5) is 0 Å². The number of phenolic OH excluding ortho intramolecular Hbond substituents is 2. The number of phenols is 2. The molecule has 0 fully saturated rings. The van der Waals surface area contributed by atoms with E-state index in [0.29, 0.717) is 4.47 Å². The van der Waals surface area contributed by atoms with Gasteiger partial charge in [-0.25, -0.2) is 0 Å². The van der Waals surface area contributed by atoms with Gasteiger partial charge in [-0.2, -0.15) is 0 Å². The van der Waals surface area contributed by atoms with Crippen LogP contribution in [0.2, 0.25) is 0 Å². The monoisotopic (exact) mass is 594 g/mol. The van der Waals surface area contributed by atoms with E-state index in [0.717, 1.165) is 44.6 Å². The average Bonchev–Trinajstić information content (AvgIpc) is 2.67. The molecule has 164 valence electrons. The largest absolute Gasteiger partial charge is 0.504 e. The minimum absolute atomic E-state index is 0. The zero-order chi connectivity index (χ0) is 19.3. The van der Waals surface area contributed by atoms with Crippen molar-refractivity contribution in [2.75, 3.05) is 26.2 Å². The molecule has 29 heavy (non-hydrogen) atoms. The highest BCUT2D eigenvalue weighted by atomic mass is 79.9. The van der Waals surface area contributed by atoms with Gasteiger partial charge in [-0.15, -0.1) is 34.0 Å². The van der Waals surface area contributed by atoms with Crippen molar-refractivity contribution in [3.63, 3.8) is 0 Å². The summed E-state index contributed by atoms with van der Waals surface area (Å²) in [7, 11) is 0. The van der Waals surface area contributed by atoms with Gasteiger partial charge in [0.2, 0.25) is 0 Å². The van der Waals surface area contributed by atoms with Crippen LogP contribution in [0, 0.1) is 0 Å². The second-order valence-corrected chi connectivity index (χ2v) is 7.70. The molecule has 2 rings (SSSR count). The van der Waals surface area contributed by atoms with Crippen molar-refractivity contribution >= 4 is 49.9 Å². The molecule has 0 amide bonds. The Morgan fingerprint density at radius 2 is 1.24 bits per heavy atom. The van der Waals surface area contributed by atoms with Crippen LogP contribution >= 0.6 is 49.9 Å². The minimum Gasteiger partial charge on any atom is -0.504 e. The maximum atomic E-state index is 9.61. The zero-order valence-electron chi connectivity index (χ0n) is 16.7. The summed E-state index contributed by atoms with van der Waals surface area (Å²) < 4.78 is 0.537. The smallest absolute Gasteiger partial charge is 0.171 e. The lowest BCUT2D eigenvalue weighted by atomic mass is 10.1. The summed E-state index contributed by atoms with van der Waals surface area (Å²) in [5, 5.41) is 26.1. The van der Waals surface area contributed by atoms with E-state index in [1.54, 1.807) is 6.07 Å². The first-order chi connectivity index (χ1) is 13.2. The summed E-state index contributed by atoms with van der Waals surface area (Å²) in [6, 6.07) is 14.1. The quantitative estimate of drug-likeness (QED) is 0.181. The fourth-order valence-electron chi connectivity index (χ4n) is 3.00. The molecule has 4 N–H and O–H groups in total. The highest BCUT2D eigenvalue weighted by Crippen LogP contribution is 2.34. The van der Waals surface area contributed by atoms with Gasteiger partial charge in [0.05, 0.1) is 4.47 Å². The van der Waals surface area contributed by atoms with E-state index >= 15 is 0 Å². The Bertz CT molecular complexity index is 649. The first kappa shape index (κ1) is 28.4. The SMILES string of the molecule is Br.Br.Oc1cc(CCNCCCCCCNCCc2ccccc2)cc(Br)c1O. The molecule has 0 saturated heterocycles. The highest BCUT2D eigenvalue weighted by molar-refractivity contribution is 9.10. The first-order valence-electron chi connectivity index (χ1n) is 9.82. The predicted molar refractivity (Wildman–Crippen MR) is 136 cm³/mol. The summed E-state index contributed by atoms with van der Waals surface area (Å²) in [6.07, 6.45) is 6.86. The van der Waals surface area contributed by atoms with Crippen LogP contribution in [0.5, 0.6) is 11.5 Å². The van der Waals surface area contributed by atoms with E-state index < -0.39 is 0 Å². The molecule has 7 heteroatoms. The van der Waals surface area contributed by atoms with Gasteiger partial charge in [-0.3, -0.25) is 0 Å². The maximum Gasteiger partial charge on any atom is 0.171 e. The fraction of sp³-hybridized carbons (Fsp3) is 0.455. The van der Waals surface area contributed by atoms with Crippen LogP contribution < -0.4 is 10.6 Å². The molecule has 2 aromatic carbocycles. The standard InChI is InChI=1S/C22H31BrN2O2.2BrH/c23-20-16-19(17-21(26)22(20)27)11-15-25-13-7-2-1-6-12-24-14-10-18-8-4-3-5-9-18;;/h3-5,8-9,16-17,24-27H,1-2,6-7,10-15H2;2*1H. The lowest BCUT2D eigenvalue weighted by Crippen LogP contribution is -2.19. The van der Waals surface area contributed by atoms with Crippen molar-refractivity contribution in [3.05, 3.63) is 58.1 Å². The number of nitrogens with one attached hydrogen (secondary N) is 2. The molecular weight excluding hydrogens is 564 g/mol. The maximum absolute atomic E-state index is 9.61. The Labute approximate surface area is 204 Å². The molecule has 0 atom stereocenters. The number of benzene rings is 2.